The van der Waals surface area contributed by atoms with Crippen LogP contribution in [0, 0.1) is 5.82 Å². The molecule has 0 aromatic heterocycles. The molecule has 0 radical (unpaired) electrons. The number of rotatable bonds is 2. The Kier molecular flexibility index (Phi) is 4.57. The Labute approximate surface area is 112 Å². The molecule has 0 amide bonds. The molecule has 0 spiro atoms. The monoisotopic (exact) mass is 325 g/mol. The highest BCUT2D eigenvalue weighted by molar-refractivity contribution is 6.30. The number of nitrogens with two attached hydrogens (primary N) is 1. The van der Waals surface area contributed by atoms with Gasteiger partial charge in [-0.15, -0.1) is 0 Å². The zero-order valence-corrected chi connectivity index (χ0v) is 10.1. The van der Waals surface area contributed by atoms with Crippen LogP contribution in [0.25, 0.3) is 0 Å². The molecule has 0 aliphatic rings. The third kappa shape index (κ3) is 3.53. The van der Waals surface area contributed by atoms with Gasteiger partial charge in [0.15, 0.2) is 6.10 Å². The van der Waals surface area contributed by atoms with Crippen molar-refractivity contribution >= 4 is 11.6 Å². The largest absolute Gasteiger partial charge is 0.416 e. The molecule has 114 valence electrons. The van der Waals surface area contributed by atoms with Crippen molar-refractivity contribution in [2.45, 2.75) is 24.5 Å². The van der Waals surface area contributed by atoms with Gasteiger partial charge in [-0.25, -0.2) is 4.39 Å². The molecule has 0 saturated carbocycles. The predicted molar refractivity (Wildman–Crippen MR) is 55.4 cm³/mol. The lowest BCUT2D eigenvalue weighted by Gasteiger charge is -2.23. The summed E-state index contributed by atoms with van der Waals surface area (Å²) in [6.45, 7) is 0. The highest BCUT2D eigenvalue weighted by Crippen LogP contribution is 2.37. The van der Waals surface area contributed by atoms with Crippen molar-refractivity contribution < 1.29 is 35.8 Å². The Hall–Kier alpha value is -1.06. The topological polar surface area (TPSA) is 46.2 Å². The van der Waals surface area contributed by atoms with Gasteiger partial charge in [0.05, 0.1) is 16.6 Å². The van der Waals surface area contributed by atoms with Gasteiger partial charge >= 0.3 is 12.4 Å². The van der Waals surface area contributed by atoms with E-state index in [0.717, 1.165) is 0 Å². The van der Waals surface area contributed by atoms with E-state index in [0.29, 0.717) is 0 Å². The van der Waals surface area contributed by atoms with Crippen LogP contribution < -0.4 is 5.73 Å². The van der Waals surface area contributed by atoms with E-state index in [1.165, 1.54) is 0 Å². The number of hydrogen-bond acceptors (Lipinski definition) is 2. The molecular formula is C10H7ClF7NO. The number of halogens is 8. The van der Waals surface area contributed by atoms with Crippen molar-refractivity contribution in [1.29, 1.82) is 0 Å². The number of alkyl halides is 6. The third-order valence-corrected chi connectivity index (χ3v) is 2.69. The van der Waals surface area contributed by atoms with Crippen molar-refractivity contribution in [3.05, 3.63) is 34.1 Å². The molecule has 1 aromatic rings. The molecule has 3 N–H and O–H groups in total. The maximum Gasteiger partial charge on any atom is 0.416 e. The molecule has 0 fully saturated rings. The number of aliphatic hydroxyl groups excluding tert-OH is 1. The molecule has 1 aromatic carbocycles. The SMILES string of the molecule is N[C@@H](c1cc(C(F)(F)F)cc(Cl)c1F)[C@H](O)C(F)(F)F. The third-order valence-electron chi connectivity index (χ3n) is 2.42. The molecule has 2 atom stereocenters. The van der Waals surface area contributed by atoms with Gasteiger partial charge in [-0.2, -0.15) is 26.3 Å². The molecule has 0 heterocycles. The van der Waals surface area contributed by atoms with Gasteiger partial charge in [0.1, 0.15) is 5.82 Å². The van der Waals surface area contributed by atoms with Crippen LogP contribution in [-0.4, -0.2) is 17.4 Å². The van der Waals surface area contributed by atoms with Crippen LogP contribution in [0.4, 0.5) is 30.7 Å². The lowest BCUT2D eigenvalue weighted by atomic mass is 9.99. The standard InChI is InChI=1S/C10H7ClF7NO/c11-5-2-3(9(13,14)15)1-4(6(5)12)7(19)8(20)10(16,17)18/h1-2,7-8,20H,19H2/t7-,8-/m0/s1. The summed E-state index contributed by atoms with van der Waals surface area (Å²) in [5, 5.41) is 7.83. The average Bonchev–Trinajstić information content (AvgIpc) is 2.28. The van der Waals surface area contributed by atoms with Crippen LogP contribution in [0.1, 0.15) is 17.2 Å². The second-order valence-corrected chi connectivity index (χ2v) is 4.28. The Morgan fingerprint density at radius 2 is 1.60 bits per heavy atom. The van der Waals surface area contributed by atoms with Crippen LogP contribution in [0.15, 0.2) is 12.1 Å². The van der Waals surface area contributed by atoms with E-state index < -0.39 is 46.5 Å². The molecule has 0 aliphatic carbocycles. The highest BCUT2D eigenvalue weighted by atomic mass is 35.5. The Bertz CT molecular complexity index is 500. The van der Waals surface area contributed by atoms with Crippen LogP contribution in [0.2, 0.25) is 5.02 Å². The average molecular weight is 326 g/mol. The fraction of sp³-hybridized carbons (Fsp3) is 0.400. The molecule has 10 heteroatoms. The Morgan fingerprint density at radius 1 is 1.10 bits per heavy atom. The number of aliphatic hydroxyl groups is 1. The van der Waals surface area contributed by atoms with E-state index >= 15 is 0 Å². The predicted octanol–water partition coefficient (Wildman–Crippen LogP) is 3.42. The van der Waals surface area contributed by atoms with Crippen molar-refractivity contribution in [3.63, 3.8) is 0 Å². The fourth-order valence-corrected chi connectivity index (χ4v) is 1.62. The molecule has 2 nitrogen and oxygen atoms in total. The van der Waals surface area contributed by atoms with Crippen molar-refractivity contribution in [1.82, 2.24) is 0 Å². The first-order valence-electron chi connectivity index (χ1n) is 4.92. The van der Waals surface area contributed by atoms with Gasteiger partial charge in [0.25, 0.3) is 0 Å². The van der Waals surface area contributed by atoms with Gasteiger partial charge in [-0.05, 0) is 12.1 Å². The van der Waals surface area contributed by atoms with E-state index in [2.05, 4.69) is 0 Å². The lowest BCUT2D eigenvalue weighted by Crippen LogP contribution is -2.39. The van der Waals surface area contributed by atoms with Crippen molar-refractivity contribution in [3.8, 4) is 0 Å². The smallest absolute Gasteiger partial charge is 0.382 e. The maximum atomic E-state index is 13.5. The summed E-state index contributed by atoms with van der Waals surface area (Å²) in [6.07, 6.45) is -13.4. The van der Waals surface area contributed by atoms with Gasteiger partial charge < -0.3 is 10.8 Å². The molecule has 0 unspecified atom stereocenters. The molecule has 1 rings (SSSR count). The van der Waals surface area contributed by atoms with E-state index in [9.17, 15) is 30.7 Å². The first kappa shape index (κ1) is 17.0. The number of hydrogen-bond donors (Lipinski definition) is 2. The summed E-state index contributed by atoms with van der Waals surface area (Å²) in [5.74, 6) is -1.55. The second kappa shape index (κ2) is 5.38. The molecular weight excluding hydrogens is 319 g/mol. The van der Waals surface area contributed by atoms with E-state index in [1.54, 1.807) is 0 Å². The maximum absolute atomic E-state index is 13.5. The van der Waals surface area contributed by atoms with Crippen LogP contribution in [0.3, 0.4) is 0 Å². The van der Waals surface area contributed by atoms with Gasteiger partial charge in [-0.1, -0.05) is 11.6 Å². The summed E-state index contributed by atoms with van der Waals surface area (Å²) in [6, 6.07) is -2.14. The minimum atomic E-state index is -5.22. The highest BCUT2D eigenvalue weighted by Gasteiger charge is 2.44. The van der Waals surface area contributed by atoms with Crippen LogP contribution in [-0.2, 0) is 6.18 Å². The normalized spacial score (nSPS) is 16.1. The molecule has 20 heavy (non-hydrogen) atoms. The summed E-state index contributed by atoms with van der Waals surface area (Å²) in [7, 11) is 0. The molecule has 0 aliphatic heterocycles. The van der Waals surface area contributed by atoms with Gasteiger partial charge in [-0.3, -0.25) is 0 Å². The lowest BCUT2D eigenvalue weighted by molar-refractivity contribution is -0.210. The number of benzene rings is 1. The Morgan fingerprint density at radius 3 is 2.00 bits per heavy atom. The van der Waals surface area contributed by atoms with E-state index in [-0.39, 0.29) is 12.1 Å². The summed E-state index contributed by atoms with van der Waals surface area (Å²) in [5.41, 5.74) is 2.33. The van der Waals surface area contributed by atoms with E-state index in [1.807, 2.05) is 0 Å². The quantitative estimate of drug-likeness (QED) is 0.818. The van der Waals surface area contributed by atoms with Gasteiger partial charge in [0, 0.05) is 5.56 Å². The molecule has 0 bridgehead atoms. The zero-order chi connectivity index (χ0) is 15.9. The van der Waals surface area contributed by atoms with Crippen LogP contribution >= 0.6 is 11.6 Å². The van der Waals surface area contributed by atoms with Crippen molar-refractivity contribution in [2.24, 2.45) is 5.73 Å². The minimum absolute atomic E-state index is 0.0842. The zero-order valence-electron chi connectivity index (χ0n) is 9.36. The Balaban J connectivity index is 3.34. The minimum Gasteiger partial charge on any atom is -0.382 e. The second-order valence-electron chi connectivity index (χ2n) is 3.87. The van der Waals surface area contributed by atoms with E-state index in [4.69, 9.17) is 22.4 Å². The first-order valence-corrected chi connectivity index (χ1v) is 5.30. The molecule has 0 saturated heterocycles. The first-order chi connectivity index (χ1) is 8.85. The van der Waals surface area contributed by atoms with Gasteiger partial charge in [0.2, 0.25) is 0 Å². The fourth-order valence-electron chi connectivity index (χ4n) is 1.39. The summed E-state index contributed by atoms with van der Waals surface area (Å²) in [4.78, 5) is 0. The van der Waals surface area contributed by atoms with Crippen LogP contribution in [0.5, 0.6) is 0 Å². The van der Waals surface area contributed by atoms with Crippen molar-refractivity contribution in [2.75, 3.05) is 0 Å². The summed E-state index contributed by atoms with van der Waals surface area (Å²) < 4.78 is 87.7. The summed E-state index contributed by atoms with van der Waals surface area (Å²) >= 11 is 5.19.